The van der Waals surface area contributed by atoms with Crippen LogP contribution in [0.3, 0.4) is 0 Å². The Morgan fingerprint density at radius 1 is 1.17 bits per heavy atom. The zero-order chi connectivity index (χ0) is 20.5. The second-order valence-corrected chi connectivity index (χ2v) is 7.18. The van der Waals surface area contributed by atoms with E-state index in [2.05, 4.69) is 25.3 Å². The Morgan fingerprint density at radius 2 is 2.07 bits per heavy atom. The molecule has 0 saturated carbocycles. The average molecular weight is 407 g/mol. The number of aromatic nitrogens is 6. The third-order valence-corrected chi connectivity index (χ3v) is 4.88. The van der Waals surface area contributed by atoms with Crippen molar-refractivity contribution in [2.24, 2.45) is 0 Å². The maximum atomic E-state index is 5.94. The SMILES string of the molecule is Cc1ccc(-c2nc(N)nc3c2nnn3Cc2cccc(COC3CCOC3)n2)o1. The summed E-state index contributed by atoms with van der Waals surface area (Å²) in [6.45, 7) is 4.09. The van der Waals surface area contributed by atoms with Crippen LogP contribution in [-0.4, -0.2) is 49.3 Å². The summed E-state index contributed by atoms with van der Waals surface area (Å²) in [5.74, 6) is 1.48. The Morgan fingerprint density at radius 3 is 2.87 bits per heavy atom. The van der Waals surface area contributed by atoms with Crippen molar-refractivity contribution in [3.63, 3.8) is 0 Å². The Labute approximate surface area is 172 Å². The van der Waals surface area contributed by atoms with Gasteiger partial charge < -0.3 is 19.6 Å². The van der Waals surface area contributed by atoms with Gasteiger partial charge >= 0.3 is 0 Å². The fourth-order valence-corrected chi connectivity index (χ4v) is 3.41. The minimum absolute atomic E-state index is 0.129. The van der Waals surface area contributed by atoms with E-state index in [4.69, 9.17) is 19.6 Å². The number of aryl methyl sites for hydroxylation is 1. The van der Waals surface area contributed by atoms with E-state index in [-0.39, 0.29) is 12.1 Å². The summed E-state index contributed by atoms with van der Waals surface area (Å²) in [5, 5.41) is 8.50. The van der Waals surface area contributed by atoms with Crippen LogP contribution in [0, 0.1) is 6.92 Å². The summed E-state index contributed by atoms with van der Waals surface area (Å²) in [4.78, 5) is 13.3. The van der Waals surface area contributed by atoms with Crippen LogP contribution in [0.25, 0.3) is 22.6 Å². The van der Waals surface area contributed by atoms with Crippen LogP contribution in [0.15, 0.2) is 34.7 Å². The number of pyridine rings is 1. The molecule has 1 atom stereocenters. The normalized spacial score (nSPS) is 16.5. The molecule has 1 fully saturated rings. The van der Waals surface area contributed by atoms with E-state index in [1.54, 1.807) is 4.68 Å². The Kier molecular flexibility index (Phi) is 4.85. The lowest BCUT2D eigenvalue weighted by Crippen LogP contribution is -2.13. The molecule has 5 rings (SSSR count). The van der Waals surface area contributed by atoms with Gasteiger partial charge in [0.2, 0.25) is 5.95 Å². The standard InChI is InChI=1S/C20H21N7O3/c1-12-5-6-16(30-12)17-18-19(24-20(21)23-17)27(26-25-18)9-13-3-2-4-14(22-13)10-29-15-7-8-28-11-15/h2-6,15H,7-11H2,1H3,(H2,21,23,24). The van der Waals surface area contributed by atoms with Crippen molar-refractivity contribution in [1.82, 2.24) is 29.9 Å². The number of nitrogen functional groups attached to an aromatic ring is 1. The van der Waals surface area contributed by atoms with Crippen molar-refractivity contribution in [3.05, 3.63) is 47.5 Å². The van der Waals surface area contributed by atoms with E-state index in [1.165, 1.54) is 0 Å². The number of furan rings is 1. The molecule has 0 radical (unpaired) electrons. The van der Waals surface area contributed by atoms with Gasteiger partial charge in [0.25, 0.3) is 0 Å². The maximum absolute atomic E-state index is 5.94. The molecule has 154 valence electrons. The highest BCUT2D eigenvalue weighted by Crippen LogP contribution is 2.27. The van der Waals surface area contributed by atoms with E-state index in [0.717, 1.165) is 30.2 Å². The molecular formula is C20H21N7O3. The number of nitrogens with two attached hydrogens (primary N) is 1. The second kappa shape index (κ2) is 7.81. The minimum atomic E-state index is 0.129. The number of hydrogen-bond acceptors (Lipinski definition) is 9. The van der Waals surface area contributed by atoms with Gasteiger partial charge in [-0.25, -0.2) is 9.67 Å². The molecule has 1 unspecified atom stereocenters. The molecule has 0 amide bonds. The largest absolute Gasteiger partial charge is 0.460 e. The van der Waals surface area contributed by atoms with Gasteiger partial charge in [0.05, 0.1) is 37.3 Å². The lowest BCUT2D eigenvalue weighted by atomic mass is 10.2. The van der Waals surface area contributed by atoms with Crippen LogP contribution in [-0.2, 0) is 22.6 Å². The van der Waals surface area contributed by atoms with E-state index >= 15 is 0 Å². The predicted octanol–water partition coefficient (Wildman–Crippen LogP) is 2.12. The highest BCUT2D eigenvalue weighted by Gasteiger charge is 2.19. The smallest absolute Gasteiger partial charge is 0.222 e. The van der Waals surface area contributed by atoms with Crippen molar-refractivity contribution in [1.29, 1.82) is 0 Å². The van der Waals surface area contributed by atoms with Gasteiger partial charge in [-0.1, -0.05) is 11.3 Å². The Balaban J connectivity index is 1.40. The van der Waals surface area contributed by atoms with Crippen LogP contribution in [0.2, 0.25) is 0 Å². The van der Waals surface area contributed by atoms with E-state index in [9.17, 15) is 0 Å². The van der Waals surface area contributed by atoms with Crippen LogP contribution >= 0.6 is 0 Å². The first-order valence-corrected chi connectivity index (χ1v) is 9.73. The predicted molar refractivity (Wildman–Crippen MR) is 107 cm³/mol. The van der Waals surface area contributed by atoms with Crippen molar-refractivity contribution in [3.8, 4) is 11.5 Å². The van der Waals surface area contributed by atoms with Crippen LogP contribution in [0.4, 0.5) is 5.95 Å². The van der Waals surface area contributed by atoms with Crippen LogP contribution in [0.5, 0.6) is 0 Å². The molecule has 0 aliphatic carbocycles. The molecule has 0 aromatic carbocycles. The summed E-state index contributed by atoms with van der Waals surface area (Å²) in [5.41, 5.74) is 9.18. The first-order valence-electron chi connectivity index (χ1n) is 9.73. The quantitative estimate of drug-likeness (QED) is 0.511. The molecule has 0 spiro atoms. The van der Waals surface area contributed by atoms with Gasteiger partial charge in [-0.2, -0.15) is 4.98 Å². The third-order valence-electron chi connectivity index (χ3n) is 4.88. The molecular weight excluding hydrogens is 386 g/mol. The third kappa shape index (κ3) is 3.74. The summed E-state index contributed by atoms with van der Waals surface area (Å²) < 4.78 is 18.5. The first kappa shape index (κ1) is 18.6. The number of fused-ring (bicyclic) bond motifs is 1. The van der Waals surface area contributed by atoms with Gasteiger partial charge in [-0.15, -0.1) is 5.10 Å². The molecule has 4 aromatic rings. The summed E-state index contributed by atoms with van der Waals surface area (Å²) in [6, 6.07) is 9.51. The van der Waals surface area contributed by atoms with E-state index < -0.39 is 0 Å². The van der Waals surface area contributed by atoms with Crippen molar-refractivity contribution >= 4 is 17.1 Å². The highest BCUT2D eigenvalue weighted by molar-refractivity contribution is 5.86. The topological polar surface area (TPSA) is 127 Å². The van der Waals surface area contributed by atoms with Crippen molar-refractivity contribution < 1.29 is 13.9 Å². The molecule has 1 aliphatic rings. The molecule has 30 heavy (non-hydrogen) atoms. The average Bonchev–Trinajstić information content (AvgIpc) is 3.48. The molecule has 1 aliphatic heterocycles. The summed E-state index contributed by atoms with van der Waals surface area (Å²) in [6.07, 6.45) is 1.06. The monoisotopic (exact) mass is 407 g/mol. The molecule has 0 bridgehead atoms. The molecule has 5 heterocycles. The molecule has 4 aromatic heterocycles. The first-order chi connectivity index (χ1) is 14.7. The lowest BCUT2D eigenvalue weighted by molar-refractivity contribution is 0.0301. The van der Waals surface area contributed by atoms with E-state index in [0.29, 0.717) is 42.4 Å². The van der Waals surface area contributed by atoms with Gasteiger partial charge in [0.15, 0.2) is 16.9 Å². The van der Waals surface area contributed by atoms with Crippen LogP contribution < -0.4 is 5.73 Å². The van der Waals surface area contributed by atoms with E-state index in [1.807, 2.05) is 37.3 Å². The second-order valence-electron chi connectivity index (χ2n) is 7.18. The number of nitrogens with zero attached hydrogens (tertiary/aromatic N) is 6. The minimum Gasteiger partial charge on any atom is -0.460 e. The Bertz CT molecular complexity index is 1180. The van der Waals surface area contributed by atoms with Gasteiger partial charge in [0, 0.05) is 6.61 Å². The lowest BCUT2D eigenvalue weighted by Gasteiger charge is -2.10. The maximum Gasteiger partial charge on any atom is 0.222 e. The highest BCUT2D eigenvalue weighted by atomic mass is 16.5. The number of ether oxygens (including phenoxy) is 2. The molecule has 2 N–H and O–H groups in total. The summed E-state index contributed by atoms with van der Waals surface area (Å²) in [7, 11) is 0. The van der Waals surface area contributed by atoms with Gasteiger partial charge in [-0.05, 0) is 37.6 Å². The molecule has 10 nitrogen and oxygen atoms in total. The number of anilines is 1. The molecule has 1 saturated heterocycles. The Hall–Kier alpha value is -3.37. The fourth-order valence-electron chi connectivity index (χ4n) is 3.41. The zero-order valence-corrected chi connectivity index (χ0v) is 16.5. The van der Waals surface area contributed by atoms with Crippen molar-refractivity contribution in [2.75, 3.05) is 18.9 Å². The molecule has 10 heteroatoms. The van der Waals surface area contributed by atoms with Gasteiger partial charge in [-0.3, -0.25) is 4.98 Å². The summed E-state index contributed by atoms with van der Waals surface area (Å²) >= 11 is 0. The zero-order valence-electron chi connectivity index (χ0n) is 16.5. The van der Waals surface area contributed by atoms with Gasteiger partial charge in [0.1, 0.15) is 11.5 Å². The van der Waals surface area contributed by atoms with Crippen molar-refractivity contribution in [2.45, 2.75) is 32.6 Å². The fraction of sp³-hybridized carbons (Fsp3) is 0.350. The number of rotatable bonds is 6. The van der Waals surface area contributed by atoms with Crippen LogP contribution in [0.1, 0.15) is 23.6 Å². The number of hydrogen-bond donors (Lipinski definition) is 1.